The van der Waals surface area contributed by atoms with Crippen LogP contribution in [-0.2, 0) is 22.0 Å². The van der Waals surface area contributed by atoms with Crippen molar-refractivity contribution in [1.29, 1.82) is 0 Å². The summed E-state index contributed by atoms with van der Waals surface area (Å²) < 4.78 is 31.7. The van der Waals surface area contributed by atoms with Crippen LogP contribution in [0.15, 0.2) is 53.1 Å². The van der Waals surface area contributed by atoms with Crippen molar-refractivity contribution in [1.82, 2.24) is 9.97 Å². The Hall–Kier alpha value is -2.91. The summed E-state index contributed by atoms with van der Waals surface area (Å²) in [5, 5.41) is 0. The molecule has 0 saturated heterocycles. The van der Waals surface area contributed by atoms with Gasteiger partial charge in [-0.3, -0.25) is 4.31 Å². The first-order chi connectivity index (χ1) is 15.9. The molecule has 182 valence electrons. The summed E-state index contributed by atoms with van der Waals surface area (Å²) in [4.78, 5) is 11.2. The molecule has 3 atom stereocenters. The Balaban J connectivity index is 1.67. The Morgan fingerprint density at radius 1 is 1.18 bits per heavy atom. The van der Waals surface area contributed by atoms with Gasteiger partial charge in [0.2, 0.25) is 15.9 Å². The van der Waals surface area contributed by atoms with Crippen LogP contribution < -0.4 is 14.9 Å². The highest BCUT2D eigenvalue weighted by atomic mass is 32.2. The Morgan fingerprint density at radius 3 is 2.44 bits per heavy atom. The molecule has 9 heteroatoms. The van der Waals surface area contributed by atoms with E-state index in [1.54, 1.807) is 12.3 Å². The SMILES string of the molecule is CC1CC1CN(C)c1cc(-c2ncc(C(C)(N)Cc3ccccc3)o2)cc(N(C)S(C)(=O)=O)n1. The summed E-state index contributed by atoms with van der Waals surface area (Å²) in [5.41, 5.74) is 7.60. The van der Waals surface area contributed by atoms with Crippen LogP contribution in [0.25, 0.3) is 11.5 Å². The topological polar surface area (TPSA) is 106 Å². The van der Waals surface area contributed by atoms with Crippen molar-refractivity contribution in [3.05, 3.63) is 60.0 Å². The second-order valence-corrected chi connectivity index (χ2v) is 11.8. The van der Waals surface area contributed by atoms with Crippen molar-refractivity contribution in [3.63, 3.8) is 0 Å². The van der Waals surface area contributed by atoms with Gasteiger partial charge in [0.1, 0.15) is 17.4 Å². The maximum atomic E-state index is 12.2. The van der Waals surface area contributed by atoms with E-state index in [4.69, 9.17) is 10.2 Å². The molecule has 0 amide bonds. The Kier molecular flexibility index (Phi) is 6.44. The fourth-order valence-electron chi connectivity index (χ4n) is 4.03. The van der Waals surface area contributed by atoms with E-state index in [1.807, 2.05) is 50.4 Å². The zero-order chi connectivity index (χ0) is 24.7. The number of sulfonamides is 1. The molecule has 1 fully saturated rings. The van der Waals surface area contributed by atoms with E-state index in [9.17, 15) is 8.42 Å². The van der Waals surface area contributed by atoms with Crippen molar-refractivity contribution in [3.8, 4) is 11.5 Å². The zero-order valence-corrected chi connectivity index (χ0v) is 21.2. The molecule has 1 aliphatic carbocycles. The van der Waals surface area contributed by atoms with Gasteiger partial charge in [-0.15, -0.1) is 0 Å². The van der Waals surface area contributed by atoms with Gasteiger partial charge in [-0.05, 0) is 49.3 Å². The van der Waals surface area contributed by atoms with Crippen LogP contribution in [-0.4, -0.2) is 45.3 Å². The van der Waals surface area contributed by atoms with E-state index >= 15 is 0 Å². The molecule has 2 heterocycles. The number of nitrogens with two attached hydrogens (primary N) is 1. The number of benzene rings is 1. The van der Waals surface area contributed by atoms with E-state index in [2.05, 4.69) is 21.8 Å². The van der Waals surface area contributed by atoms with Crippen molar-refractivity contribution in [2.75, 3.05) is 36.1 Å². The average molecular weight is 484 g/mol. The zero-order valence-electron chi connectivity index (χ0n) is 20.4. The van der Waals surface area contributed by atoms with Crippen LogP contribution in [0, 0.1) is 11.8 Å². The van der Waals surface area contributed by atoms with E-state index in [1.165, 1.54) is 17.8 Å². The minimum atomic E-state index is -3.49. The number of nitrogens with zero attached hydrogens (tertiary/aromatic N) is 4. The minimum Gasteiger partial charge on any atom is -0.439 e. The molecule has 0 bridgehead atoms. The van der Waals surface area contributed by atoms with Crippen LogP contribution in [0.5, 0.6) is 0 Å². The number of rotatable bonds is 9. The van der Waals surface area contributed by atoms with Gasteiger partial charge in [0.05, 0.1) is 18.0 Å². The molecule has 4 rings (SSSR count). The van der Waals surface area contributed by atoms with Crippen molar-refractivity contribution >= 4 is 21.7 Å². The third-order valence-corrected chi connectivity index (χ3v) is 7.71. The molecular formula is C25H33N5O3S. The summed E-state index contributed by atoms with van der Waals surface area (Å²) in [6.07, 6.45) is 4.59. The summed E-state index contributed by atoms with van der Waals surface area (Å²) in [7, 11) is -0.0246. The molecule has 0 spiro atoms. The number of hydrogen-bond acceptors (Lipinski definition) is 7. The standard InChI is InChI=1S/C25H33N5O3S/c1-17-11-20(17)16-29(3)22-12-19(13-23(28-22)30(4)34(5,31)32)24-27-15-21(33-24)25(2,26)14-18-9-7-6-8-10-18/h6-10,12-13,15,17,20H,11,14,16,26H2,1-5H3. The quantitative estimate of drug-likeness (QED) is 0.495. The largest absolute Gasteiger partial charge is 0.439 e. The summed E-state index contributed by atoms with van der Waals surface area (Å²) in [5.74, 6) is 3.23. The third-order valence-electron chi connectivity index (χ3n) is 6.52. The highest BCUT2D eigenvalue weighted by molar-refractivity contribution is 7.92. The first-order valence-electron chi connectivity index (χ1n) is 11.4. The van der Waals surface area contributed by atoms with Crippen LogP contribution in [0.3, 0.4) is 0 Å². The molecule has 34 heavy (non-hydrogen) atoms. The van der Waals surface area contributed by atoms with Gasteiger partial charge in [0, 0.05) is 26.2 Å². The molecule has 2 N–H and O–H groups in total. The van der Waals surface area contributed by atoms with Crippen molar-refractivity contribution in [2.45, 2.75) is 32.2 Å². The smallest absolute Gasteiger partial charge is 0.233 e. The highest BCUT2D eigenvalue weighted by Crippen LogP contribution is 2.39. The average Bonchev–Trinajstić information content (AvgIpc) is 3.25. The predicted octanol–water partition coefficient (Wildman–Crippen LogP) is 3.64. The first-order valence-corrected chi connectivity index (χ1v) is 13.3. The fraction of sp³-hybridized carbons (Fsp3) is 0.440. The van der Waals surface area contributed by atoms with E-state index < -0.39 is 15.6 Å². The molecular weight excluding hydrogens is 450 g/mol. The molecule has 1 aromatic carbocycles. The predicted molar refractivity (Wildman–Crippen MR) is 135 cm³/mol. The maximum Gasteiger partial charge on any atom is 0.233 e. The molecule has 3 unspecified atom stereocenters. The van der Waals surface area contributed by atoms with Crippen LogP contribution in [0.1, 0.15) is 31.6 Å². The van der Waals surface area contributed by atoms with Gasteiger partial charge in [-0.1, -0.05) is 37.3 Å². The number of oxazole rings is 1. The fourth-order valence-corrected chi connectivity index (χ4v) is 4.46. The minimum absolute atomic E-state index is 0.310. The summed E-state index contributed by atoms with van der Waals surface area (Å²) in [6, 6.07) is 13.6. The van der Waals surface area contributed by atoms with E-state index in [0.717, 1.165) is 18.4 Å². The second-order valence-electron chi connectivity index (χ2n) is 9.77. The normalized spacial score (nSPS) is 19.5. The lowest BCUT2D eigenvalue weighted by atomic mass is 9.92. The lowest BCUT2D eigenvalue weighted by Gasteiger charge is -2.23. The maximum absolute atomic E-state index is 12.2. The molecule has 3 aromatic rings. The number of anilines is 2. The van der Waals surface area contributed by atoms with E-state index in [0.29, 0.717) is 47.1 Å². The van der Waals surface area contributed by atoms with Gasteiger partial charge in [-0.25, -0.2) is 18.4 Å². The second kappa shape index (κ2) is 9.03. The Morgan fingerprint density at radius 2 is 1.82 bits per heavy atom. The number of pyridine rings is 1. The monoisotopic (exact) mass is 483 g/mol. The first kappa shape index (κ1) is 24.2. The van der Waals surface area contributed by atoms with Crippen LogP contribution in [0.2, 0.25) is 0 Å². The molecule has 1 aliphatic rings. The summed E-state index contributed by atoms with van der Waals surface area (Å²) >= 11 is 0. The van der Waals surface area contributed by atoms with Crippen molar-refractivity contribution < 1.29 is 12.8 Å². The van der Waals surface area contributed by atoms with Crippen LogP contribution in [0.4, 0.5) is 11.6 Å². The lowest BCUT2D eigenvalue weighted by Crippen LogP contribution is -2.35. The summed E-state index contributed by atoms with van der Waals surface area (Å²) in [6.45, 7) is 5.00. The Labute approximate surface area is 201 Å². The van der Waals surface area contributed by atoms with Gasteiger partial charge in [-0.2, -0.15) is 0 Å². The van der Waals surface area contributed by atoms with Gasteiger partial charge >= 0.3 is 0 Å². The van der Waals surface area contributed by atoms with E-state index in [-0.39, 0.29) is 0 Å². The third kappa shape index (κ3) is 5.42. The highest BCUT2D eigenvalue weighted by Gasteiger charge is 2.34. The molecule has 1 saturated carbocycles. The molecule has 8 nitrogen and oxygen atoms in total. The van der Waals surface area contributed by atoms with Gasteiger partial charge < -0.3 is 15.1 Å². The number of hydrogen-bond donors (Lipinski definition) is 1. The Bertz CT molecular complexity index is 1260. The molecule has 0 aliphatic heterocycles. The lowest BCUT2D eigenvalue weighted by molar-refractivity contribution is 0.371. The van der Waals surface area contributed by atoms with Gasteiger partial charge in [0.25, 0.3) is 0 Å². The van der Waals surface area contributed by atoms with Crippen molar-refractivity contribution in [2.24, 2.45) is 17.6 Å². The number of aromatic nitrogens is 2. The van der Waals surface area contributed by atoms with Gasteiger partial charge in [0.15, 0.2) is 0 Å². The molecule has 2 aromatic heterocycles. The van der Waals surface area contributed by atoms with Crippen LogP contribution >= 0.6 is 0 Å². The molecule has 0 radical (unpaired) electrons.